The van der Waals surface area contributed by atoms with E-state index in [-0.39, 0.29) is 36.5 Å². The lowest BCUT2D eigenvalue weighted by atomic mass is 9.90. The second-order valence-corrected chi connectivity index (χ2v) is 25.4. The molecule has 2 unspecified atom stereocenters. The summed E-state index contributed by atoms with van der Waals surface area (Å²) in [6.07, 6.45) is 13.3. The molecule has 20 nitrogen and oxygen atoms in total. The number of aryl methyl sites for hydroxylation is 2. The molecule has 3 N–H and O–H groups in total. The fourth-order valence-electron chi connectivity index (χ4n) is 10.9. The van der Waals surface area contributed by atoms with Crippen LogP contribution in [-0.4, -0.2) is 148 Å². The molecule has 0 spiro atoms. The van der Waals surface area contributed by atoms with Gasteiger partial charge >= 0.3 is 23.7 Å². The van der Waals surface area contributed by atoms with Crippen molar-refractivity contribution in [2.24, 2.45) is 19.8 Å². The Hall–Kier alpha value is -7.33. The lowest BCUT2D eigenvalue weighted by Gasteiger charge is -2.40. The normalized spacial score (nSPS) is 17.6. The Bertz CT molecular complexity index is 3480. The monoisotopic (exact) mass is 1250 g/mol. The molecule has 4 atom stereocenters. The van der Waals surface area contributed by atoms with Gasteiger partial charge in [0.25, 0.3) is 0 Å². The molecule has 23 heteroatoms. The zero-order valence-electron chi connectivity index (χ0n) is 51.5. The summed E-state index contributed by atoms with van der Waals surface area (Å²) in [6.45, 7) is 23.2. The van der Waals surface area contributed by atoms with Crippen LogP contribution in [-0.2, 0) is 33.0 Å². The van der Waals surface area contributed by atoms with Crippen LogP contribution in [0.15, 0.2) is 98.1 Å². The minimum atomic E-state index is -0.741. The molecule has 2 aliphatic heterocycles. The second kappa shape index (κ2) is 28.2. The number of carbonyl (C=O) groups excluding carboxylic acids is 4. The first-order valence-corrected chi connectivity index (χ1v) is 30.2. The number of hydrogen-bond acceptors (Lipinski definition) is 15. The smallest absolute Gasteiger partial charge is 0.410 e. The van der Waals surface area contributed by atoms with Crippen molar-refractivity contribution < 1.29 is 38.1 Å². The topological polar surface area (TPSA) is 218 Å². The Morgan fingerprint density at radius 2 is 1.03 bits per heavy atom. The van der Waals surface area contributed by atoms with E-state index in [0.717, 1.165) is 67.3 Å². The Kier molecular flexibility index (Phi) is 21.3. The first-order valence-electron chi connectivity index (χ1n) is 29.0. The van der Waals surface area contributed by atoms with Gasteiger partial charge in [-0.25, -0.2) is 29.1 Å². The van der Waals surface area contributed by atoms with Gasteiger partial charge < -0.3 is 48.9 Å². The van der Waals surface area contributed by atoms with E-state index in [9.17, 15) is 19.2 Å². The number of aromatic nitrogens is 6. The van der Waals surface area contributed by atoms with Crippen molar-refractivity contribution in [3.05, 3.63) is 164 Å². The highest BCUT2D eigenvalue weighted by molar-refractivity contribution is 6.61. The molecule has 4 aromatic heterocycles. The number of piperazine rings is 2. The van der Waals surface area contributed by atoms with Gasteiger partial charge in [-0.2, -0.15) is 0 Å². The summed E-state index contributed by atoms with van der Waals surface area (Å²) in [4.78, 5) is 74.9. The van der Waals surface area contributed by atoms with Crippen molar-refractivity contribution >= 4 is 81.8 Å². The molecule has 2 fully saturated rings. The molecular formula is C64H79Cl3N12O8. The van der Waals surface area contributed by atoms with Crippen LogP contribution in [0.3, 0.4) is 0 Å². The summed E-state index contributed by atoms with van der Waals surface area (Å²) in [7, 11) is 3.84. The molecule has 87 heavy (non-hydrogen) atoms. The maximum atomic E-state index is 13.0. The van der Waals surface area contributed by atoms with Crippen LogP contribution in [0.2, 0.25) is 10.0 Å². The van der Waals surface area contributed by atoms with Crippen LogP contribution < -0.4 is 11.1 Å². The van der Waals surface area contributed by atoms with Crippen LogP contribution in [0.1, 0.15) is 150 Å². The molecule has 464 valence electrons. The number of halogens is 3. The molecule has 3 amide bonds. The third kappa shape index (κ3) is 16.6. The van der Waals surface area contributed by atoms with Crippen molar-refractivity contribution in [1.29, 1.82) is 0 Å². The van der Waals surface area contributed by atoms with Gasteiger partial charge in [0.05, 0.1) is 84.2 Å². The lowest BCUT2D eigenvalue weighted by Crippen LogP contribution is -2.51. The number of imidazole rings is 2. The standard InChI is InChI=1S/C32H39ClN6O4.C28H33ClN6O2.C4H7ClO2/c1-20(2)42-30(40)36-28(26-18-34-19-37(26)6)25-16-21-8-7-11-35-27(21)29(23-10-9-22(33)17-24(23)25)38-12-14-39(15-13-38)31(41)43-32(3,4)5;1-28(2,3)37-27(36)35-12-10-34(11-13-35)26-20-8-7-19(29)15-21(20)22(14-18-6-5-9-32-25(18)26)24(30)23-16-31-17-33(23)4;1-3(2)7-4(5)6/h7-11,16-20,28-29H,12-15H2,1-6H3,(H,36,40);5-9,14-17,24,26H,10-13,30H2,1-4H3;3H,1-2H3/t28?,29-;24?,26-;/m00./s1. The predicted molar refractivity (Wildman–Crippen MR) is 338 cm³/mol. The van der Waals surface area contributed by atoms with Gasteiger partial charge in [-0.15, -0.1) is 0 Å². The average Bonchev–Trinajstić information content (AvgIpc) is 1.77. The van der Waals surface area contributed by atoms with Gasteiger partial charge in [-0.3, -0.25) is 19.8 Å². The number of alkyl carbamates (subject to hydrolysis) is 1. The molecule has 10 rings (SSSR count). The lowest BCUT2D eigenvalue weighted by molar-refractivity contribution is 0.0109. The third-order valence-electron chi connectivity index (χ3n) is 14.7. The van der Waals surface area contributed by atoms with Gasteiger partial charge in [0, 0.05) is 100 Å². The summed E-state index contributed by atoms with van der Waals surface area (Å²) in [5.41, 5.74) is 16.3. The van der Waals surface area contributed by atoms with E-state index in [1.807, 2.05) is 133 Å². The zero-order valence-corrected chi connectivity index (χ0v) is 53.7. The number of hydrogen-bond donors (Lipinski definition) is 2. The first-order chi connectivity index (χ1) is 41.2. The van der Waals surface area contributed by atoms with E-state index in [0.29, 0.717) is 62.4 Å². The van der Waals surface area contributed by atoms with Gasteiger partial charge in [-0.1, -0.05) is 47.5 Å². The largest absolute Gasteiger partial charge is 0.451 e. The number of fused-ring (bicyclic) bond motifs is 4. The number of ether oxygens (including phenoxy) is 4. The highest BCUT2D eigenvalue weighted by atomic mass is 35.5. The van der Waals surface area contributed by atoms with Crippen LogP contribution >= 0.6 is 34.8 Å². The minimum absolute atomic E-state index is 0.106. The summed E-state index contributed by atoms with van der Waals surface area (Å²) in [5, 5.41) is 4.31. The molecule has 0 radical (unpaired) electrons. The molecule has 0 saturated carbocycles. The fraction of sp³-hybridized carbons (Fsp3) is 0.438. The van der Waals surface area contributed by atoms with Crippen molar-refractivity contribution in [1.82, 2.24) is 54.0 Å². The number of pyridine rings is 2. The molecule has 2 aliphatic carbocycles. The Labute approximate surface area is 524 Å². The van der Waals surface area contributed by atoms with Crippen molar-refractivity contribution in [3.8, 4) is 0 Å². The number of nitrogens with two attached hydrogens (primary N) is 1. The van der Waals surface area contributed by atoms with E-state index >= 15 is 0 Å². The Morgan fingerprint density at radius 3 is 1.43 bits per heavy atom. The van der Waals surface area contributed by atoms with E-state index in [4.69, 9.17) is 64.7 Å². The highest BCUT2D eigenvalue weighted by Gasteiger charge is 2.39. The van der Waals surface area contributed by atoms with Crippen molar-refractivity contribution in [3.63, 3.8) is 0 Å². The average molecular weight is 1250 g/mol. The van der Waals surface area contributed by atoms with E-state index < -0.39 is 34.8 Å². The summed E-state index contributed by atoms with van der Waals surface area (Å²) < 4.78 is 24.9. The van der Waals surface area contributed by atoms with Crippen LogP contribution in [0.4, 0.5) is 19.2 Å². The molecule has 2 aromatic carbocycles. The molecule has 2 saturated heterocycles. The quantitative estimate of drug-likeness (QED) is 0.102. The highest BCUT2D eigenvalue weighted by Crippen LogP contribution is 2.46. The molecule has 4 aliphatic rings. The van der Waals surface area contributed by atoms with Gasteiger partial charge in [0.15, 0.2) is 0 Å². The van der Waals surface area contributed by atoms with Gasteiger partial charge in [0.1, 0.15) is 11.2 Å². The molecular weight excluding hydrogens is 1170 g/mol. The van der Waals surface area contributed by atoms with Crippen molar-refractivity contribution in [2.75, 3.05) is 52.4 Å². The van der Waals surface area contributed by atoms with Gasteiger partial charge in [0.2, 0.25) is 0 Å². The molecule has 6 heterocycles. The van der Waals surface area contributed by atoms with E-state index in [1.54, 1.807) is 54.9 Å². The number of benzene rings is 2. The minimum Gasteiger partial charge on any atom is -0.451 e. The van der Waals surface area contributed by atoms with Crippen LogP contribution in [0.5, 0.6) is 0 Å². The first kappa shape index (κ1) is 65.6. The predicted octanol–water partition coefficient (Wildman–Crippen LogP) is 12.3. The maximum Gasteiger partial charge on any atom is 0.410 e. The Balaban J connectivity index is 0.000000205. The fourth-order valence-corrected chi connectivity index (χ4v) is 11.5. The number of carbonyl (C=O) groups is 4. The van der Waals surface area contributed by atoms with Crippen LogP contribution in [0.25, 0.3) is 23.3 Å². The van der Waals surface area contributed by atoms with Crippen molar-refractivity contribution in [2.45, 2.75) is 117 Å². The summed E-state index contributed by atoms with van der Waals surface area (Å²) in [6, 6.07) is 18.5. The third-order valence-corrected chi connectivity index (χ3v) is 15.2. The summed E-state index contributed by atoms with van der Waals surface area (Å²) >= 11 is 18.0. The number of amides is 3. The zero-order chi connectivity index (χ0) is 63.1. The second-order valence-electron chi connectivity index (χ2n) is 24.2. The molecule has 0 bridgehead atoms. The van der Waals surface area contributed by atoms with Gasteiger partial charge in [-0.05, 0) is 162 Å². The number of nitrogens with one attached hydrogen (secondary N) is 1. The molecule has 6 aromatic rings. The Morgan fingerprint density at radius 1 is 0.609 bits per heavy atom. The van der Waals surface area contributed by atoms with E-state index in [2.05, 4.69) is 54.1 Å². The SMILES string of the molecule is CC(C)OC(=O)Cl.CC(C)OC(=O)NC(C1=Cc2cccnc2[C@@H](N2CCN(C(=O)OC(C)(C)C)CC2)c2ccc(Cl)cc21)c1cncn1C.Cn1cncc1C(N)C1=Cc2cccnc2[C@@H](N2CCN(C(=O)OC(C)(C)C)CC2)c2ccc(Cl)cc21. The van der Waals surface area contributed by atoms with E-state index in [1.165, 1.54) is 0 Å². The van der Waals surface area contributed by atoms with Crippen LogP contribution in [0, 0.1) is 0 Å². The number of rotatable bonds is 9. The maximum absolute atomic E-state index is 13.0. The summed E-state index contributed by atoms with van der Waals surface area (Å²) in [5.74, 6) is 0. The number of nitrogens with zero attached hydrogens (tertiary/aromatic N) is 10.